The summed E-state index contributed by atoms with van der Waals surface area (Å²) in [5, 5.41) is 9.50. The van der Waals surface area contributed by atoms with Gasteiger partial charge >= 0.3 is 0 Å². The molecule has 2 rings (SSSR count). The van der Waals surface area contributed by atoms with Crippen LogP contribution in [0.15, 0.2) is 53.4 Å². The summed E-state index contributed by atoms with van der Waals surface area (Å²) in [4.78, 5) is 1.10. The molecule has 0 aliphatic heterocycles. The van der Waals surface area contributed by atoms with Gasteiger partial charge in [0, 0.05) is 10.6 Å². The number of hydrogen-bond donors (Lipinski definition) is 0. The number of rotatable bonds is 6. The van der Waals surface area contributed by atoms with Crippen molar-refractivity contribution in [3.8, 4) is 11.8 Å². The standard InChI is InChI=1S/C16H14ClNOS/c17-15-4-1-2-5-16(15)20-11-3-10-19-14-8-6-13(12-18)7-9-14/h1-2,4-9H,3,10-11H2. The average Bonchev–Trinajstić information content (AvgIpc) is 2.49. The molecule has 0 aliphatic carbocycles. The molecule has 0 fully saturated rings. The molecule has 0 bridgehead atoms. The number of nitrogens with zero attached hydrogens (tertiary/aromatic N) is 1. The van der Waals surface area contributed by atoms with Crippen LogP contribution in [-0.4, -0.2) is 12.4 Å². The fraction of sp³-hybridized carbons (Fsp3) is 0.188. The molecule has 4 heteroatoms. The molecule has 2 nitrogen and oxygen atoms in total. The number of hydrogen-bond acceptors (Lipinski definition) is 3. The van der Waals surface area contributed by atoms with Crippen molar-refractivity contribution in [2.75, 3.05) is 12.4 Å². The lowest BCUT2D eigenvalue weighted by molar-refractivity contribution is 0.318. The highest BCUT2D eigenvalue weighted by atomic mass is 35.5. The van der Waals surface area contributed by atoms with Crippen LogP contribution >= 0.6 is 23.4 Å². The third kappa shape index (κ3) is 4.48. The average molecular weight is 304 g/mol. The maximum Gasteiger partial charge on any atom is 0.119 e. The first-order valence-corrected chi connectivity index (χ1v) is 7.66. The van der Waals surface area contributed by atoms with Gasteiger partial charge in [0.25, 0.3) is 0 Å². The van der Waals surface area contributed by atoms with Crippen molar-refractivity contribution >= 4 is 23.4 Å². The quantitative estimate of drug-likeness (QED) is 0.569. The van der Waals surface area contributed by atoms with E-state index in [0.717, 1.165) is 27.8 Å². The molecule has 0 atom stereocenters. The maximum absolute atomic E-state index is 8.70. The minimum atomic E-state index is 0.645. The van der Waals surface area contributed by atoms with Crippen LogP contribution in [0, 0.1) is 11.3 Å². The highest BCUT2D eigenvalue weighted by molar-refractivity contribution is 7.99. The van der Waals surface area contributed by atoms with Gasteiger partial charge in [-0.1, -0.05) is 23.7 Å². The van der Waals surface area contributed by atoms with E-state index in [9.17, 15) is 0 Å². The van der Waals surface area contributed by atoms with E-state index in [4.69, 9.17) is 21.6 Å². The normalized spacial score (nSPS) is 10.0. The Balaban J connectivity index is 1.69. The van der Waals surface area contributed by atoms with E-state index in [0.29, 0.717) is 12.2 Å². The molecule has 2 aromatic carbocycles. The Kier molecular flexibility index (Phi) is 5.79. The predicted molar refractivity (Wildman–Crippen MR) is 83.4 cm³/mol. The molecule has 0 radical (unpaired) electrons. The van der Waals surface area contributed by atoms with Gasteiger partial charge in [-0.3, -0.25) is 0 Å². The fourth-order valence-corrected chi connectivity index (χ4v) is 2.78. The molecular formula is C16H14ClNOS. The van der Waals surface area contributed by atoms with Crippen molar-refractivity contribution in [1.82, 2.24) is 0 Å². The summed E-state index contributed by atoms with van der Waals surface area (Å²) in [6.45, 7) is 0.656. The summed E-state index contributed by atoms with van der Waals surface area (Å²) in [5.74, 6) is 1.76. The zero-order chi connectivity index (χ0) is 14.2. The zero-order valence-electron chi connectivity index (χ0n) is 10.9. The summed E-state index contributed by atoms with van der Waals surface area (Å²) >= 11 is 7.82. The predicted octanol–water partition coefficient (Wildman–Crippen LogP) is 4.77. The van der Waals surface area contributed by atoms with Gasteiger partial charge in [-0.05, 0) is 42.8 Å². The molecule has 102 valence electrons. The monoisotopic (exact) mass is 303 g/mol. The number of benzene rings is 2. The molecule has 0 saturated heterocycles. The summed E-state index contributed by atoms with van der Waals surface area (Å²) in [7, 11) is 0. The molecule has 0 aliphatic rings. The van der Waals surface area contributed by atoms with Gasteiger partial charge in [0.15, 0.2) is 0 Å². The molecule has 20 heavy (non-hydrogen) atoms. The van der Waals surface area contributed by atoms with Crippen LogP contribution in [0.1, 0.15) is 12.0 Å². The first-order valence-electron chi connectivity index (χ1n) is 6.30. The van der Waals surface area contributed by atoms with Crippen LogP contribution in [0.4, 0.5) is 0 Å². The number of nitriles is 1. The van der Waals surface area contributed by atoms with Crippen LogP contribution in [0.2, 0.25) is 5.02 Å². The lowest BCUT2D eigenvalue weighted by Crippen LogP contribution is -1.98. The number of halogens is 1. The minimum absolute atomic E-state index is 0.645. The Bertz CT molecular complexity index is 592. The third-order valence-electron chi connectivity index (χ3n) is 2.64. The van der Waals surface area contributed by atoms with Crippen molar-refractivity contribution < 1.29 is 4.74 Å². The second-order valence-electron chi connectivity index (χ2n) is 4.12. The highest BCUT2D eigenvalue weighted by Gasteiger charge is 2.00. The van der Waals surface area contributed by atoms with Crippen LogP contribution in [0.5, 0.6) is 5.75 Å². The Morgan fingerprint density at radius 3 is 2.55 bits per heavy atom. The molecular weight excluding hydrogens is 290 g/mol. The van der Waals surface area contributed by atoms with E-state index in [1.54, 1.807) is 23.9 Å². The van der Waals surface area contributed by atoms with Crippen LogP contribution in [0.3, 0.4) is 0 Å². The summed E-state index contributed by atoms with van der Waals surface area (Å²) in [5.41, 5.74) is 0.645. The lowest BCUT2D eigenvalue weighted by Gasteiger charge is -2.06. The van der Waals surface area contributed by atoms with Crippen LogP contribution < -0.4 is 4.74 Å². The lowest BCUT2D eigenvalue weighted by atomic mass is 10.2. The molecule has 0 aromatic heterocycles. The molecule has 0 N–H and O–H groups in total. The second kappa shape index (κ2) is 7.84. The second-order valence-corrected chi connectivity index (χ2v) is 5.66. The largest absolute Gasteiger partial charge is 0.494 e. The van der Waals surface area contributed by atoms with E-state index in [2.05, 4.69) is 6.07 Å². The molecule has 0 heterocycles. The molecule has 0 spiro atoms. The van der Waals surface area contributed by atoms with E-state index >= 15 is 0 Å². The van der Waals surface area contributed by atoms with Crippen LogP contribution in [0.25, 0.3) is 0 Å². The van der Waals surface area contributed by atoms with Crippen molar-refractivity contribution in [3.05, 3.63) is 59.1 Å². The zero-order valence-corrected chi connectivity index (χ0v) is 12.5. The summed E-state index contributed by atoms with van der Waals surface area (Å²) < 4.78 is 5.62. The van der Waals surface area contributed by atoms with Crippen molar-refractivity contribution in [2.24, 2.45) is 0 Å². The molecule has 0 unspecified atom stereocenters. The number of thioether (sulfide) groups is 1. The Hall–Kier alpha value is -1.63. The van der Waals surface area contributed by atoms with Gasteiger partial charge in [-0.2, -0.15) is 5.26 Å². The molecule has 0 amide bonds. The Morgan fingerprint density at radius 2 is 1.85 bits per heavy atom. The van der Waals surface area contributed by atoms with Gasteiger partial charge < -0.3 is 4.74 Å². The van der Waals surface area contributed by atoms with Gasteiger partial charge in [0.1, 0.15) is 5.75 Å². The number of ether oxygens (including phenoxy) is 1. The van der Waals surface area contributed by atoms with Gasteiger partial charge in [-0.15, -0.1) is 11.8 Å². The van der Waals surface area contributed by atoms with E-state index in [1.165, 1.54) is 0 Å². The Morgan fingerprint density at radius 1 is 1.10 bits per heavy atom. The van der Waals surface area contributed by atoms with Gasteiger partial charge in [0.2, 0.25) is 0 Å². The van der Waals surface area contributed by atoms with Crippen molar-refractivity contribution in [1.29, 1.82) is 5.26 Å². The SMILES string of the molecule is N#Cc1ccc(OCCCSc2ccccc2Cl)cc1. The first-order chi connectivity index (χ1) is 9.79. The third-order valence-corrected chi connectivity index (χ3v) is 4.24. The van der Waals surface area contributed by atoms with E-state index in [-0.39, 0.29) is 0 Å². The van der Waals surface area contributed by atoms with Gasteiger partial charge in [-0.25, -0.2) is 0 Å². The first kappa shape index (κ1) is 14.8. The van der Waals surface area contributed by atoms with Gasteiger partial charge in [0.05, 0.1) is 23.3 Å². The minimum Gasteiger partial charge on any atom is -0.494 e. The topological polar surface area (TPSA) is 33.0 Å². The smallest absolute Gasteiger partial charge is 0.119 e. The Labute approximate surface area is 128 Å². The maximum atomic E-state index is 8.70. The summed E-state index contributed by atoms with van der Waals surface area (Å²) in [6.07, 6.45) is 0.940. The van der Waals surface area contributed by atoms with Crippen molar-refractivity contribution in [2.45, 2.75) is 11.3 Å². The summed E-state index contributed by atoms with van der Waals surface area (Å²) in [6, 6.07) is 17.1. The van der Waals surface area contributed by atoms with Crippen molar-refractivity contribution in [3.63, 3.8) is 0 Å². The highest BCUT2D eigenvalue weighted by Crippen LogP contribution is 2.26. The molecule has 2 aromatic rings. The van der Waals surface area contributed by atoms with E-state index in [1.807, 2.05) is 36.4 Å². The molecule has 0 saturated carbocycles. The van der Waals surface area contributed by atoms with E-state index < -0.39 is 0 Å². The van der Waals surface area contributed by atoms with Crippen LogP contribution in [-0.2, 0) is 0 Å². The fourth-order valence-electron chi connectivity index (χ4n) is 1.62.